The van der Waals surface area contributed by atoms with Gasteiger partial charge in [-0.2, -0.15) is 11.8 Å². The normalized spacial score (nSPS) is 23.4. The Morgan fingerprint density at radius 3 is 3.05 bits per heavy atom. The molecule has 2 aromatic rings. The molecule has 1 aromatic heterocycles. The first-order valence-electron chi connectivity index (χ1n) is 6.98. The zero-order valence-electron chi connectivity index (χ0n) is 11.5. The van der Waals surface area contributed by atoms with Crippen LogP contribution in [0.2, 0.25) is 0 Å². The lowest BCUT2D eigenvalue weighted by molar-refractivity contribution is 0.362. The molecule has 0 spiro atoms. The van der Waals surface area contributed by atoms with Crippen LogP contribution in [0.5, 0.6) is 0 Å². The minimum Gasteiger partial charge on any atom is -0.324 e. The predicted octanol–water partition coefficient (Wildman–Crippen LogP) is 5.23. The Hall–Kier alpha value is 0.0600. The molecule has 1 aliphatic rings. The van der Waals surface area contributed by atoms with Crippen molar-refractivity contribution in [3.63, 3.8) is 0 Å². The topological polar surface area (TPSA) is 17.8 Å². The zero-order valence-corrected chi connectivity index (χ0v) is 15.2. The Labute approximate surface area is 142 Å². The minimum atomic E-state index is 0.492. The average molecular weight is 421 g/mol. The first-order chi connectivity index (χ1) is 9.72. The summed E-state index contributed by atoms with van der Waals surface area (Å²) in [7, 11) is 0. The molecule has 1 saturated carbocycles. The average Bonchev–Trinajstić information content (AvgIpc) is 2.84. The van der Waals surface area contributed by atoms with Crippen molar-refractivity contribution in [1.82, 2.24) is 9.55 Å². The Kier molecular flexibility index (Phi) is 4.82. The van der Waals surface area contributed by atoms with E-state index in [1.165, 1.54) is 34.8 Å². The van der Waals surface area contributed by atoms with Gasteiger partial charge >= 0.3 is 0 Å². The molecule has 1 fully saturated rings. The van der Waals surface area contributed by atoms with Crippen LogP contribution in [0, 0.1) is 3.57 Å². The smallest absolute Gasteiger partial charge is 0.125 e. The Bertz CT molecular complexity index is 613. The van der Waals surface area contributed by atoms with Crippen LogP contribution >= 0.6 is 46.0 Å². The van der Waals surface area contributed by atoms with Crippen molar-refractivity contribution in [3.8, 4) is 0 Å². The number of thioether (sulfide) groups is 1. The number of rotatable bonds is 3. The molecule has 0 N–H and O–H groups in total. The number of nitrogens with zero attached hydrogens (tertiary/aromatic N) is 2. The molecule has 2 unspecified atom stereocenters. The monoisotopic (exact) mass is 420 g/mol. The van der Waals surface area contributed by atoms with Crippen LogP contribution < -0.4 is 0 Å². The van der Waals surface area contributed by atoms with Crippen molar-refractivity contribution in [2.24, 2.45) is 0 Å². The summed E-state index contributed by atoms with van der Waals surface area (Å²) in [4.78, 5) is 4.74. The highest BCUT2D eigenvalue weighted by atomic mass is 127. The van der Waals surface area contributed by atoms with E-state index in [1.807, 2.05) is 11.8 Å². The molecule has 5 heteroatoms. The van der Waals surface area contributed by atoms with E-state index in [-0.39, 0.29) is 0 Å². The molecule has 0 aliphatic heterocycles. The van der Waals surface area contributed by atoms with Crippen molar-refractivity contribution < 1.29 is 0 Å². The van der Waals surface area contributed by atoms with Gasteiger partial charge in [0.25, 0.3) is 0 Å². The molecule has 0 radical (unpaired) electrons. The van der Waals surface area contributed by atoms with Gasteiger partial charge in [0.2, 0.25) is 0 Å². The minimum absolute atomic E-state index is 0.492. The van der Waals surface area contributed by atoms with E-state index < -0.39 is 0 Å². The van der Waals surface area contributed by atoms with Crippen LogP contribution in [-0.2, 0) is 5.88 Å². The number of hydrogen-bond acceptors (Lipinski definition) is 2. The summed E-state index contributed by atoms with van der Waals surface area (Å²) in [6, 6.07) is 7.06. The molecule has 0 saturated heterocycles. The molecule has 1 aromatic carbocycles. The van der Waals surface area contributed by atoms with Crippen LogP contribution in [0.1, 0.15) is 37.5 Å². The first kappa shape index (κ1) is 15.0. The number of aromatic nitrogens is 2. The number of imidazole rings is 1. The van der Waals surface area contributed by atoms with Crippen LogP contribution in [-0.4, -0.2) is 21.1 Å². The van der Waals surface area contributed by atoms with Gasteiger partial charge in [-0.05, 0) is 66.3 Å². The molecule has 1 aliphatic carbocycles. The number of hydrogen-bond donors (Lipinski definition) is 0. The van der Waals surface area contributed by atoms with Crippen LogP contribution in [0.3, 0.4) is 0 Å². The van der Waals surface area contributed by atoms with Gasteiger partial charge in [0, 0.05) is 14.9 Å². The molecular weight excluding hydrogens is 403 g/mol. The number of benzene rings is 1. The SMILES string of the molecule is CSC1CCCC(n2c(CCl)nc3cc(I)ccc32)C1. The molecule has 0 bridgehead atoms. The zero-order chi connectivity index (χ0) is 14.1. The fraction of sp³-hybridized carbons (Fsp3) is 0.533. The molecule has 0 amide bonds. The fourth-order valence-corrected chi connectivity index (χ4v) is 4.67. The quantitative estimate of drug-likeness (QED) is 0.500. The van der Waals surface area contributed by atoms with Gasteiger partial charge < -0.3 is 4.57 Å². The standard InChI is InChI=1S/C15H18ClIN2S/c1-20-12-4-2-3-11(8-12)19-14-6-5-10(17)7-13(14)18-15(19)9-16/h5-7,11-12H,2-4,8-9H2,1H3. The third kappa shape index (κ3) is 2.83. The molecule has 108 valence electrons. The molecule has 2 nitrogen and oxygen atoms in total. The lowest BCUT2D eigenvalue weighted by Crippen LogP contribution is -2.21. The maximum absolute atomic E-state index is 6.14. The fourth-order valence-electron chi connectivity index (χ4n) is 3.19. The van der Waals surface area contributed by atoms with Gasteiger partial charge in [-0.25, -0.2) is 4.98 Å². The van der Waals surface area contributed by atoms with E-state index in [1.54, 1.807) is 0 Å². The molecule has 2 atom stereocenters. The van der Waals surface area contributed by atoms with Gasteiger partial charge in [0.05, 0.1) is 16.9 Å². The first-order valence-corrected chi connectivity index (χ1v) is 9.88. The second kappa shape index (κ2) is 6.44. The third-order valence-corrected chi connectivity index (χ3v) is 6.15. The third-order valence-electron chi connectivity index (χ3n) is 4.14. The highest BCUT2D eigenvalue weighted by molar-refractivity contribution is 14.1. The summed E-state index contributed by atoms with van der Waals surface area (Å²) in [6.45, 7) is 0. The van der Waals surface area contributed by atoms with E-state index in [9.17, 15) is 0 Å². The van der Waals surface area contributed by atoms with Gasteiger partial charge in [-0.3, -0.25) is 0 Å². The summed E-state index contributed by atoms with van der Waals surface area (Å²) >= 11 is 10.5. The van der Waals surface area contributed by atoms with Gasteiger partial charge in [-0.15, -0.1) is 11.6 Å². The Balaban J connectivity index is 2.04. The van der Waals surface area contributed by atoms with E-state index in [4.69, 9.17) is 16.6 Å². The maximum Gasteiger partial charge on any atom is 0.125 e. The van der Waals surface area contributed by atoms with Crippen LogP contribution in [0.15, 0.2) is 18.2 Å². The summed E-state index contributed by atoms with van der Waals surface area (Å²) in [5.41, 5.74) is 2.33. The van der Waals surface area contributed by atoms with E-state index in [2.05, 4.69) is 51.6 Å². The predicted molar refractivity (Wildman–Crippen MR) is 96.8 cm³/mol. The maximum atomic E-state index is 6.14. The van der Waals surface area contributed by atoms with Gasteiger partial charge in [0.1, 0.15) is 5.82 Å². The molecular formula is C15H18ClIN2S. The van der Waals surface area contributed by atoms with Crippen molar-refractivity contribution in [3.05, 3.63) is 27.6 Å². The number of halogens is 2. The van der Waals surface area contributed by atoms with Crippen molar-refractivity contribution in [2.45, 2.75) is 42.9 Å². The highest BCUT2D eigenvalue weighted by Gasteiger charge is 2.25. The summed E-state index contributed by atoms with van der Waals surface area (Å²) < 4.78 is 3.63. The summed E-state index contributed by atoms with van der Waals surface area (Å²) in [5.74, 6) is 1.52. The van der Waals surface area contributed by atoms with Gasteiger partial charge in [0.15, 0.2) is 0 Å². The lowest BCUT2D eigenvalue weighted by Gasteiger charge is -2.30. The second-order valence-corrected chi connectivity index (χ2v) is 7.99. The molecule has 1 heterocycles. The lowest BCUT2D eigenvalue weighted by atomic mass is 9.94. The highest BCUT2D eigenvalue weighted by Crippen LogP contribution is 2.37. The second-order valence-electron chi connectivity index (χ2n) is 5.34. The van der Waals surface area contributed by atoms with E-state index >= 15 is 0 Å². The van der Waals surface area contributed by atoms with E-state index in [0.29, 0.717) is 11.9 Å². The Morgan fingerprint density at radius 1 is 1.45 bits per heavy atom. The van der Waals surface area contributed by atoms with Crippen LogP contribution in [0.25, 0.3) is 11.0 Å². The largest absolute Gasteiger partial charge is 0.324 e. The van der Waals surface area contributed by atoms with Crippen molar-refractivity contribution >= 4 is 57.0 Å². The van der Waals surface area contributed by atoms with E-state index in [0.717, 1.165) is 16.6 Å². The van der Waals surface area contributed by atoms with Gasteiger partial charge in [-0.1, -0.05) is 6.42 Å². The van der Waals surface area contributed by atoms with Crippen molar-refractivity contribution in [1.29, 1.82) is 0 Å². The van der Waals surface area contributed by atoms with Crippen LogP contribution in [0.4, 0.5) is 0 Å². The number of alkyl halides is 1. The molecule has 20 heavy (non-hydrogen) atoms. The Morgan fingerprint density at radius 2 is 2.30 bits per heavy atom. The number of fused-ring (bicyclic) bond motifs is 1. The van der Waals surface area contributed by atoms with Crippen molar-refractivity contribution in [2.75, 3.05) is 6.26 Å². The summed E-state index contributed by atoms with van der Waals surface area (Å²) in [5, 5.41) is 0.776. The molecule has 3 rings (SSSR count). The summed E-state index contributed by atoms with van der Waals surface area (Å²) in [6.07, 6.45) is 7.37.